The van der Waals surface area contributed by atoms with Gasteiger partial charge in [0.05, 0.1) is 21.9 Å². The van der Waals surface area contributed by atoms with E-state index in [2.05, 4.69) is 5.32 Å². The molecule has 1 N–H and O–H groups in total. The van der Waals surface area contributed by atoms with Crippen LogP contribution in [0.3, 0.4) is 0 Å². The van der Waals surface area contributed by atoms with E-state index < -0.39 is 10.0 Å². The molecule has 2 saturated carbocycles. The number of rotatable bonds is 4. The van der Waals surface area contributed by atoms with E-state index in [0.717, 1.165) is 44.9 Å². The summed E-state index contributed by atoms with van der Waals surface area (Å²) in [5.74, 6) is -0.416. The van der Waals surface area contributed by atoms with Crippen LogP contribution in [0.15, 0.2) is 24.3 Å². The van der Waals surface area contributed by atoms with Gasteiger partial charge in [-0.05, 0) is 43.2 Å². The van der Waals surface area contributed by atoms with E-state index >= 15 is 0 Å². The maximum Gasteiger partial charge on any atom is 0.229 e. The Balaban J connectivity index is 1.59. The maximum atomic E-state index is 13.1. The van der Waals surface area contributed by atoms with Crippen LogP contribution in [0.2, 0.25) is 5.02 Å². The lowest BCUT2D eigenvalue weighted by molar-refractivity contribution is -0.123. The highest BCUT2D eigenvalue weighted by Gasteiger charge is 2.55. The van der Waals surface area contributed by atoms with Crippen LogP contribution < -0.4 is 5.32 Å². The Hall–Kier alpha value is -1.11. The van der Waals surface area contributed by atoms with Crippen molar-refractivity contribution in [3.63, 3.8) is 0 Å². The number of para-hydroxylation sites is 1. The lowest BCUT2D eigenvalue weighted by atomic mass is 9.67. The Bertz CT molecular complexity index is 801. The van der Waals surface area contributed by atoms with Crippen molar-refractivity contribution < 1.29 is 13.2 Å². The SMILES string of the molecule is O=C(Nc1ccccc1Cl)C1CN(S(=O)(=O)C2CC2)CC12CCCCC2. The molecule has 0 radical (unpaired) electrons. The molecule has 1 aromatic carbocycles. The fourth-order valence-corrected chi connectivity index (χ4v) is 6.73. The lowest BCUT2D eigenvalue weighted by Crippen LogP contribution is -2.39. The molecule has 26 heavy (non-hydrogen) atoms. The number of carbonyl (C=O) groups is 1. The standard InChI is InChI=1S/C19H25ClN2O3S/c20-16-6-2-3-7-17(16)21-18(23)15-12-22(26(24,25)14-8-9-14)13-19(15)10-4-1-5-11-19/h2-3,6-7,14-15H,1,4-5,8-13H2,(H,21,23). The highest BCUT2D eigenvalue weighted by atomic mass is 35.5. The summed E-state index contributed by atoms with van der Waals surface area (Å²) >= 11 is 6.18. The minimum Gasteiger partial charge on any atom is -0.324 e. The van der Waals surface area contributed by atoms with Crippen molar-refractivity contribution in [2.24, 2.45) is 11.3 Å². The van der Waals surface area contributed by atoms with Gasteiger partial charge in [0.2, 0.25) is 15.9 Å². The summed E-state index contributed by atoms with van der Waals surface area (Å²) < 4.78 is 27.2. The number of amides is 1. The van der Waals surface area contributed by atoms with Crippen LogP contribution in [0.4, 0.5) is 5.69 Å². The molecule has 1 spiro atoms. The van der Waals surface area contributed by atoms with Crippen LogP contribution in [0, 0.1) is 11.3 Å². The molecule has 1 amide bonds. The molecule has 142 valence electrons. The Morgan fingerprint density at radius 2 is 1.85 bits per heavy atom. The van der Waals surface area contributed by atoms with Crippen molar-refractivity contribution in [3.8, 4) is 0 Å². The van der Waals surface area contributed by atoms with Crippen LogP contribution >= 0.6 is 11.6 Å². The normalized spacial score (nSPS) is 26.1. The van der Waals surface area contributed by atoms with Gasteiger partial charge in [-0.3, -0.25) is 4.79 Å². The Morgan fingerprint density at radius 3 is 2.50 bits per heavy atom. The Kier molecular flexibility index (Phi) is 4.78. The third-order valence-electron chi connectivity index (χ3n) is 6.22. The van der Waals surface area contributed by atoms with Crippen molar-refractivity contribution in [1.82, 2.24) is 4.31 Å². The predicted molar refractivity (Wildman–Crippen MR) is 103 cm³/mol. The highest BCUT2D eigenvalue weighted by molar-refractivity contribution is 7.90. The number of carbonyl (C=O) groups excluding carboxylic acids is 1. The second-order valence-corrected chi connectivity index (χ2v) is 10.6. The zero-order valence-corrected chi connectivity index (χ0v) is 16.4. The maximum absolute atomic E-state index is 13.1. The molecule has 1 saturated heterocycles. The third kappa shape index (κ3) is 3.27. The molecular formula is C19H25ClN2O3S. The van der Waals surface area contributed by atoms with Crippen molar-refractivity contribution >= 4 is 33.2 Å². The second kappa shape index (κ2) is 6.80. The van der Waals surface area contributed by atoms with Crippen LogP contribution in [0.25, 0.3) is 0 Å². The molecule has 1 heterocycles. The van der Waals surface area contributed by atoms with Gasteiger partial charge in [-0.2, -0.15) is 0 Å². The molecule has 2 aliphatic carbocycles. The number of hydrogen-bond acceptors (Lipinski definition) is 3. The molecule has 1 atom stereocenters. The van der Waals surface area contributed by atoms with Crippen LogP contribution in [0.5, 0.6) is 0 Å². The number of sulfonamides is 1. The van der Waals surface area contributed by atoms with Gasteiger partial charge in [0.25, 0.3) is 0 Å². The summed E-state index contributed by atoms with van der Waals surface area (Å²) in [6.07, 6.45) is 6.63. The van der Waals surface area contributed by atoms with E-state index in [4.69, 9.17) is 11.6 Å². The highest BCUT2D eigenvalue weighted by Crippen LogP contribution is 2.50. The van der Waals surface area contributed by atoms with E-state index in [-0.39, 0.29) is 22.5 Å². The average Bonchev–Trinajstić information content (AvgIpc) is 3.42. The molecule has 4 rings (SSSR count). The van der Waals surface area contributed by atoms with E-state index in [0.29, 0.717) is 23.8 Å². The quantitative estimate of drug-likeness (QED) is 0.844. The molecule has 1 aromatic rings. The summed E-state index contributed by atoms with van der Waals surface area (Å²) in [4.78, 5) is 13.1. The first-order valence-electron chi connectivity index (χ1n) is 9.47. The summed E-state index contributed by atoms with van der Waals surface area (Å²) in [5.41, 5.74) is 0.361. The molecule has 0 aromatic heterocycles. The third-order valence-corrected chi connectivity index (χ3v) is 8.86. The van der Waals surface area contributed by atoms with Crippen molar-refractivity contribution in [2.75, 3.05) is 18.4 Å². The fourth-order valence-electron chi connectivity index (χ4n) is 4.60. The predicted octanol–water partition coefficient (Wildman–Crippen LogP) is 3.65. The number of nitrogens with zero attached hydrogens (tertiary/aromatic N) is 1. The van der Waals surface area contributed by atoms with Crippen LogP contribution in [-0.2, 0) is 14.8 Å². The van der Waals surface area contributed by atoms with Gasteiger partial charge >= 0.3 is 0 Å². The first-order chi connectivity index (χ1) is 12.4. The van der Waals surface area contributed by atoms with Crippen LogP contribution in [0.1, 0.15) is 44.9 Å². The zero-order valence-electron chi connectivity index (χ0n) is 14.8. The molecule has 3 aliphatic rings. The minimum absolute atomic E-state index is 0.103. The average molecular weight is 397 g/mol. The molecule has 0 bridgehead atoms. The van der Waals surface area contributed by atoms with Gasteiger partial charge in [0, 0.05) is 13.1 Å². The van der Waals surface area contributed by atoms with E-state index in [1.807, 2.05) is 12.1 Å². The monoisotopic (exact) mass is 396 g/mol. The van der Waals surface area contributed by atoms with Crippen molar-refractivity contribution in [2.45, 2.75) is 50.2 Å². The van der Waals surface area contributed by atoms with Gasteiger partial charge in [-0.25, -0.2) is 12.7 Å². The number of anilines is 1. The molecule has 3 fully saturated rings. The number of hydrogen-bond donors (Lipinski definition) is 1. The first kappa shape index (κ1) is 18.3. The summed E-state index contributed by atoms with van der Waals surface area (Å²) in [7, 11) is -3.26. The largest absolute Gasteiger partial charge is 0.324 e. The Labute approximate surface area is 160 Å². The number of benzene rings is 1. The van der Waals surface area contributed by atoms with Crippen molar-refractivity contribution in [1.29, 1.82) is 0 Å². The smallest absolute Gasteiger partial charge is 0.229 e. The first-order valence-corrected chi connectivity index (χ1v) is 11.3. The lowest BCUT2D eigenvalue weighted by Gasteiger charge is -2.37. The van der Waals surface area contributed by atoms with E-state index in [1.165, 1.54) is 0 Å². The molecular weight excluding hydrogens is 372 g/mol. The number of halogens is 1. The topological polar surface area (TPSA) is 66.5 Å². The van der Waals surface area contributed by atoms with Gasteiger partial charge in [0.1, 0.15) is 0 Å². The number of nitrogens with one attached hydrogen (secondary N) is 1. The summed E-state index contributed by atoms with van der Waals surface area (Å²) in [5, 5.41) is 3.22. The fraction of sp³-hybridized carbons (Fsp3) is 0.632. The second-order valence-electron chi connectivity index (χ2n) is 7.98. The van der Waals surface area contributed by atoms with Gasteiger partial charge in [-0.1, -0.05) is 43.0 Å². The van der Waals surface area contributed by atoms with Gasteiger partial charge in [0.15, 0.2) is 0 Å². The van der Waals surface area contributed by atoms with Crippen molar-refractivity contribution in [3.05, 3.63) is 29.3 Å². The minimum atomic E-state index is -3.26. The van der Waals surface area contributed by atoms with Gasteiger partial charge < -0.3 is 5.32 Å². The molecule has 7 heteroatoms. The zero-order chi connectivity index (χ0) is 18.4. The molecule has 1 unspecified atom stereocenters. The summed E-state index contributed by atoms with van der Waals surface area (Å²) in [6.45, 7) is 0.793. The summed E-state index contributed by atoms with van der Waals surface area (Å²) in [6, 6.07) is 7.17. The molecule has 1 aliphatic heterocycles. The van der Waals surface area contributed by atoms with E-state index in [1.54, 1.807) is 16.4 Å². The Morgan fingerprint density at radius 1 is 1.15 bits per heavy atom. The van der Waals surface area contributed by atoms with Gasteiger partial charge in [-0.15, -0.1) is 0 Å². The van der Waals surface area contributed by atoms with Crippen LogP contribution in [-0.4, -0.2) is 37.0 Å². The molecule has 5 nitrogen and oxygen atoms in total. The van der Waals surface area contributed by atoms with E-state index in [9.17, 15) is 13.2 Å².